The van der Waals surface area contributed by atoms with Gasteiger partial charge in [-0.25, -0.2) is 4.79 Å². The van der Waals surface area contributed by atoms with Crippen LogP contribution in [-0.2, 0) is 10.3 Å². The van der Waals surface area contributed by atoms with E-state index in [1.807, 2.05) is 0 Å². The normalized spacial score (nSPS) is 18.2. The lowest BCUT2D eigenvalue weighted by Gasteiger charge is -2.16. The molecule has 0 aliphatic carbocycles. The fourth-order valence-corrected chi connectivity index (χ4v) is 1.59. The summed E-state index contributed by atoms with van der Waals surface area (Å²) in [6.07, 6.45) is 0. The van der Waals surface area contributed by atoms with Crippen LogP contribution in [0.4, 0.5) is 0 Å². The molecule has 0 spiro atoms. The topological polar surface area (TPSA) is 46.5 Å². The average molecular weight is 178 g/mol. The highest BCUT2D eigenvalue weighted by molar-refractivity contribution is 5.97. The number of phenolic OH excluding ortho intramolecular Hbond substituents is 1. The molecule has 0 saturated heterocycles. The van der Waals surface area contributed by atoms with Gasteiger partial charge in [-0.1, -0.05) is 12.1 Å². The van der Waals surface area contributed by atoms with E-state index in [4.69, 9.17) is 4.74 Å². The minimum absolute atomic E-state index is 0.00641. The maximum Gasteiger partial charge on any atom is 0.343 e. The van der Waals surface area contributed by atoms with Crippen LogP contribution >= 0.6 is 0 Å². The molecule has 1 N–H and O–H groups in total. The third-order valence-electron chi connectivity index (χ3n) is 2.24. The molecule has 0 saturated carbocycles. The van der Waals surface area contributed by atoms with Gasteiger partial charge in [-0.05, 0) is 19.9 Å². The molecule has 1 heterocycles. The number of benzene rings is 1. The Labute approximate surface area is 76.0 Å². The Morgan fingerprint density at radius 1 is 1.38 bits per heavy atom. The van der Waals surface area contributed by atoms with Crippen LogP contribution in [0, 0.1) is 0 Å². The van der Waals surface area contributed by atoms with Gasteiger partial charge in [0.1, 0.15) is 16.9 Å². The van der Waals surface area contributed by atoms with Crippen molar-refractivity contribution in [2.75, 3.05) is 0 Å². The van der Waals surface area contributed by atoms with Gasteiger partial charge < -0.3 is 9.84 Å². The molecule has 1 aliphatic rings. The van der Waals surface area contributed by atoms with Crippen molar-refractivity contribution >= 4 is 5.97 Å². The zero-order valence-corrected chi connectivity index (χ0v) is 7.50. The van der Waals surface area contributed by atoms with Gasteiger partial charge in [0.15, 0.2) is 0 Å². The predicted octanol–water partition coefficient (Wildman–Crippen LogP) is 1.80. The Morgan fingerprint density at radius 3 is 2.69 bits per heavy atom. The van der Waals surface area contributed by atoms with Crippen molar-refractivity contribution in [2.24, 2.45) is 0 Å². The van der Waals surface area contributed by atoms with E-state index in [1.165, 1.54) is 6.07 Å². The third kappa shape index (κ3) is 1.00. The number of carbonyl (C=O) groups excluding carboxylic acids is 1. The van der Waals surface area contributed by atoms with Crippen LogP contribution in [0.15, 0.2) is 18.2 Å². The highest BCUT2D eigenvalue weighted by Gasteiger charge is 2.39. The van der Waals surface area contributed by atoms with Crippen molar-refractivity contribution in [3.05, 3.63) is 29.3 Å². The van der Waals surface area contributed by atoms with Crippen LogP contribution in [0.5, 0.6) is 5.75 Å². The molecule has 0 bridgehead atoms. The van der Waals surface area contributed by atoms with Crippen LogP contribution in [0.25, 0.3) is 0 Å². The molecule has 0 fully saturated rings. The molecule has 0 unspecified atom stereocenters. The Hall–Kier alpha value is -1.51. The summed E-state index contributed by atoms with van der Waals surface area (Å²) in [5.74, 6) is -0.453. The number of fused-ring (bicyclic) bond motifs is 1. The van der Waals surface area contributed by atoms with Gasteiger partial charge >= 0.3 is 5.97 Å². The van der Waals surface area contributed by atoms with Crippen LogP contribution in [0.1, 0.15) is 29.8 Å². The number of ether oxygens (including phenoxy) is 1. The van der Waals surface area contributed by atoms with E-state index in [-0.39, 0.29) is 5.75 Å². The number of esters is 1. The van der Waals surface area contributed by atoms with Gasteiger partial charge in [0.05, 0.1) is 0 Å². The second-order valence-corrected chi connectivity index (χ2v) is 3.60. The van der Waals surface area contributed by atoms with E-state index in [2.05, 4.69) is 0 Å². The van der Waals surface area contributed by atoms with Gasteiger partial charge in [-0.3, -0.25) is 0 Å². The van der Waals surface area contributed by atoms with E-state index in [0.29, 0.717) is 5.56 Å². The second-order valence-electron chi connectivity index (χ2n) is 3.60. The van der Waals surface area contributed by atoms with Crippen LogP contribution in [0.2, 0.25) is 0 Å². The lowest BCUT2D eigenvalue weighted by atomic mass is 9.96. The summed E-state index contributed by atoms with van der Waals surface area (Å²) >= 11 is 0. The van der Waals surface area contributed by atoms with E-state index in [9.17, 15) is 9.90 Å². The number of rotatable bonds is 0. The Kier molecular flexibility index (Phi) is 1.40. The summed E-state index contributed by atoms with van der Waals surface area (Å²) in [5, 5.41) is 9.43. The molecule has 2 rings (SSSR count). The number of cyclic esters (lactones) is 1. The van der Waals surface area contributed by atoms with E-state index < -0.39 is 11.6 Å². The highest BCUT2D eigenvalue weighted by Crippen LogP contribution is 2.39. The quantitative estimate of drug-likeness (QED) is 0.616. The summed E-state index contributed by atoms with van der Waals surface area (Å²) in [7, 11) is 0. The van der Waals surface area contributed by atoms with Crippen LogP contribution in [-0.4, -0.2) is 11.1 Å². The standard InChI is InChI=1S/C10H10O3/c1-10(2)6-4-3-5-7(11)8(6)9(12)13-10/h3-5,11H,1-2H3. The summed E-state index contributed by atoms with van der Waals surface area (Å²) in [5.41, 5.74) is 0.426. The van der Waals surface area contributed by atoms with E-state index in [0.717, 1.165) is 5.56 Å². The number of carbonyl (C=O) groups is 1. The van der Waals surface area contributed by atoms with Crippen molar-refractivity contribution in [1.29, 1.82) is 0 Å². The molecule has 1 aliphatic heterocycles. The average Bonchev–Trinajstić information content (AvgIpc) is 2.24. The molecule has 3 nitrogen and oxygen atoms in total. The highest BCUT2D eigenvalue weighted by atomic mass is 16.6. The van der Waals surface area contributed by atoms with Gasteiger partial charge in [-0.2, -0.15) is 0 Å². The fourth-order valence-electron chi connectivity index (χ4n) is 1.59. The van der Waals surface area contributed by atoms with Crippen molar-refractivity contribution in [3.63, 3.8) is 0 Å². The third-order valence-corrected chi connectivity index (χ3v) is 2.24. The molecular formula is C10H10O3. The number of aromatic hydroxyl groups is 1. The van der Waals surface area contributed by atoms with Crippen LogP contribution in [0.3, 0.4) is 0 Å². The van der Waals surface area contributed by atoms with Crippen molar-refractivity contribution in [1.82, 2.24) is 0 Å². The van der Waals surface area contributed by atoms with E-state index in [1.54, 1.807) is 26.0 Å². The van der Waals surface area contributed by atoms with Gasteiger partial charge in [0.25, 0.3) is 0 Å². The zero-order valence-electron chi connectivity index (χ0n) is 7.50. The smallest absolute Gasteiger partial charge is 0.343 e. The Morgan fingerprint density at radius 2 is 2.08 bits per heavy atom. The minimum Gasteiger partial charge on any atom is -0.507 e. The maximum atomic E-state index is 11.3. The molecule has 0 aromatic heterocycles. The Balaban J connectivity index is 2.72. The van der Waals surface area contributed by atoms with E-state index >= 15 is 0 Å². The van der Waals surface area contributed by atoms with Gasteiger partial charge in [0, 0.05) is 5.56 Å². The van der Waals surface area contributed by atoms with Crippen molar-refractivity contribution < 1.29 is 14.6 Å². The second kappa shape index (κ2) is 2.25. The van der Waals surface area contributed by atoms with Crippen molar-refractivity contribution in [3.8, 4) is 5.75 Å². The molecule has 3 heteroatoms. The zero-order chi connectivity index (χ0) is 9.64. The summed E-state index contributed by atoms with van der Waals surface area (Å²) in [6.45, 7) is 3.60. The molecule has 0 atom stereocenters. The molecular weight excluding hydrogens is 168 g/mol. The molecule has 13 heavy (non-hydrogen) atoms. The molecule has 0 radical (unpaired) electrons. The van der Waals surface area contributed by atoms with Gasteiger partial charge in [0.2, 0.25) is 0 Å². The first-order valence-corrected chi connectivity index (χ1v) is 4.08. The minimum atomic E-state index is -0.620. The molecule has 1 aromatic rings. The first-order valence-electron chi connectivity index (χ1n) is 4.08. The maximum absolute atomic E-state index is 11.3. The molecule has 1 aromatic carbocycles. The van der Waals surface area contributed by atoms with Gasteiger partial charge in [-0.15, -0.1) is 0 Å². The molecule has 68 valence electrons. The Bertz CT molecular complexity index is 380. The largest absolute Gasteiger partial charge is 0.507 e. The first kappa shape index (κ1) is 8.10. The summed E-state index contributed by atoms with van der Waals surface area (Å²) in [6, 6.07) is 4.99. The SMILES string of the molecule is CC1(C)OC(=O)c2c(O)cccc21. The van der Waals surface area contributed by atoms with Crippen LogP contribution < -0.4 is 0 Å². The summed E-state index contributed by atoms with van der Waals surface area (Å²) < 4.78 is 5.10. The number of hydrogen-bond acceptors (Lipinski definition) is 3. The monoisotopic (exact) mass is 178 g/mol. The molecule has 0 amide bonds. The van der Waals surface area contributed by atoms with Crippen molar-refractivity contribution in [2.45, 2.75) is 19.4 Å². The number of phenols is 1. The number of hydrogen-bond donors (Lipinski definition) is 1. The summed E-state index contributed by atoms with van der Waals surface area (Å²) in [4.78, 5) is 11.3. The fraction of sp³-hybridized carbons (Fsp3) is 0.300. The predicted molar refractivity (Wildman–Crippen MR) is 46.5 cm³/mol. The first-order chi connectivity index (χ1) is 6.02. The lowest BCUT2D eigenvalue weighted by Crippen LogP contribution is -2.15. The lowest BCUT2D eigenvalue weighted by molar-refractivity contribution is 0.00947.